The molecule has 1 aromatic rings. The van der Waals surface area contributed by atoms with Crippen LogP contribution in [0.4, 0.5) is 5.69 Å². The van der Waals surface area contributed by atoms with E-state index in [1.54, 1.807) is 12.1 Å². The lowest BCUT2D eigenvalue weighted by molar-refractivity contribution is -0.121. The molecule has 5 nitrogen and oxygen atoms in total. The molecule has 0 aromatic heterocycles. The van der Waals surface area contributed by atoms with Gasteiger partial charge in [-0.15, -0.1) is 0 Å². The first-order chi connectivity index (χ1) is 10.2. The fraction of sp³-hybridized carbons (Fsp3) is 0.533. The van der Waals surface area contributed by atoms with Crippen LogP contribution < -0.4 is 15.8 Å². The summed E-state index contributed by atoms with van der Waals surface area (Å²) in [5.41, 5.74) is 6.30. The molecule has 1 aliphatic heterocycles. The van der Waals surface area contributed by atoms with E-state index in [1.165, 1.54) is 11.5 Å². The highest BCUT2D eigenvalue weighted by Crippen LogP contribution is 2.13. The molecule has 0 bridgehead atoms. The van der Waals surface area contributed by atoms with E-state index in [0.29, 0.717) is 25.3 Å². The average molecular weight is 309 g/mol. The summed E-state index contributed by atoms with van der Waals surface area (Å²) in [7, 11) is 0. The molecule has 1 heterocycles. The van der Waals surface area contributed by atoms with Crippen LogP contribution in [0.2, 0.25) is 0 Å². The third-order valence-electron chi connectivity index (χ3n) is 3.33. The van der Waals surface area contributed by atoms with Crippen molar-refractivity contribution in [2.24, 2.45) is 0 Å². The predicted octanol–water partition coefficient (Wildman–Crippen LogP) is 1.20. The molecule has 0 radical (unpaired) electrons. The van der Waals surface area contributed by atoms with E-state index in [4.69, 9.17) is 10.5 Å². The number of carbonyl (C=O) groups is 1. The van der Waals surface area contributed by atoms with Crippen LogP contribution in [0.15, 0.2) is 24.3 Å². The highest BCUT2D eigenvalue weighted by molar-refractivity contribution is 7.99. The lowest BCUT2D eigenvalue weighted by atomic mass is 10.3. The monoisotopic (exact) mass is 309 g/mol. The van der Waals surface area contributed by atoms with Gasteiger partial charge in [0, 0.05) is 43.4 Å². The van der Waals surface area contributed by atoms with Crippen molar-refractivity contribution >= 4 is 23.4 Å². The molecule has 1 saturated heterocycles. The number of nitrogens with zero attached hydrogens (tertiary/aromatic N) is 1. The maximum absolute atomic E-state index is 11.7. The number of thioether (sulfide) groups is 1. The lowest BCUT2D eigenvalue weighted by Crippen LogP contribution is -2.39. The van der Waals surface area contributed by atoms with Gasteiger partial charge in [-0.05, 0) is 24.3 Å². The van der Waals surface area contributed by atoms with Gasteiger partial charge in [-0.3, -0.25) is 9.69 Å². The minimum Gasteiger partial charge on any atom is -0.493 e. The number of nitrogens with two attached hydrogens (primary N) is 1. The molecule has 1 aromatic carbocycles. The molecule has 0 aliphatic carbocycles. The van der Waals surface area contributed by atoms with Gasteiger partial charge in [0.05, 0.1) is 13.0 Å². The Bertz CT molecular complexity index is 433. The van der Waals surface area contributed by atoms with E-state index in [9.17, 15) is 4.79 Å². The second kappa shape index (κ2) is 8.79. The van der Waals surface area contributed by atoms with Gasteiger partial charge in [0.2, 0.25) is 5.91 Å². The SMILES string of the molecule is Nc1ccc(OCCC(=O)NCCN2CCSCC2)cc1. The Hall–Kier alpha value is -1.40. The predicted molar refractivity (Wildman–Crippen MR) is 87.7 cm³/mol. The molecule has 0 atom stereocenters. The summed E-state index contributed by atoms with van der Waals surface area (Å²) in [6, 6.07) is 7.18. The Morgan fingerprint density at radius 3 is 2.71 bits per heavy atom. The zero-order valence-corrected chi connectivity index (χ0v) is 13.0. The highest BCUT2D eigenvalue weighted by atomic mass is 32.2. The summed E-state index contributed by atoms with van der Waals surface area (Å²) in [6.45, 7) is 4.29. The Morgan fingerprint density at radius 2 is 2.00 bits per heavy atom. The molecule has 3 N–H and O–H groups in total. The summed E-state index contributed by atoms with van der Waals surface area (Å²) in [5, 5.41) is 2.94. The number of rotatable bonds is 7. The summed E-state index contributed by atoms with van der Waals surface area (Å²) in [4.78, 5) is 14.1. The molecule has 6 heteroatoms. The van der Waals surface area contributed by atoms with Crippen molar-refractivity contribution in [1.82, 2.24) is 10.2 Å². The van der Waals surface area contributed by atoms with Gasteiger partial charge >= 0.3 is 0 Å². The quantitative estimate of drug-likeness (QED) is 0.741. The van der Waals surface area contributed by atoms with Crippen LogP contribution in [-0.4, -0.2) is 55.1 Å². The standard InChI is InChI=1S/C15H23N3O2S/c16-13-1-3-14(4-2-13)20-10-5-15(19)17-6-7-18-8-11-21-12-9-18/h1-4H,5-12,16H2,(H,17,19). The Morgan fingerprint density at radius 1 is 1.29 bits per heavy atom. The largest absolute Gasteiger partial charge is 0.493 e. The van der Waals surface area contributed by atoms with Crippen LogP contribution in [0.25, 0.3) is 0 Å². The van der Waals surface area contributed by atoms with Crippen molar-refractivity contribution in [3.63, 3.8) is 0 Å². The van der Waals surface area contributed by atoms with Gasteiger partial charge in [-0.1, -0.05) is 0 Å². The number of hydrogen-bond donors (Lipinski definition) is 2. The first-order valence-corrected chi connectivity index (χ1v) is 8.44. The summed E-state index contributed by atoms with van der Waals surface area (Å²) < 4.78 is 5.50. The third kappa shape index (κ3) is 6.27. The first-order valence-electron chi connectivity index (χ1n) is 7.29. The van der Waals surface area contributed by atoms with E-state index in [-0.39, 0.29) is 5.91 Å². The molecular weight excluding hydrogens is 286 g/mol. The van der Waals surface area contributed by atoms with E-state index in [0.717, 1.165) is 25.4 Å². The summed E-state index contributed by atoms with van der Waals surface area (Å²) >= 11 is 1.99. The average Bonchev–Trinajstić information content (AvgIpc) is 2.50. The second-order valence-corrected chi connectivity index (χ2v) is 6.20. The van der Waals surface area contributed by atoms with Crippen LogP contribution in [0, 0.1) is 0 Å². The lowest BCUT2D eigenvalue weighted by Gasteiger charge is -2.25. The van der Waals surface area contributed by atoms with Crippen molar-refractivity contribution < 1.29 is 9.53 Å². The Kier molecular flexibility index (Phi) is 6.69. The van der Waals surface area contributed by atoms with Gasteiger partial charge < -0.3 is 15.8 Å². The van der Waals surface area contributed by atoms with Gasteiger partial charge in [0.1, 0.15) is 5.75 Å². The molecule has 2 rings (SSSR count). The number of ether oxygens (including phenoxy) is 1. The zero-order chi connectivity index (χ0) is 14.9. The zero-order valence-electron chi connectivity index (χ0n) is 12.2. The van der Waals surface area contributed by atoms with Gasteiger partial charge in [-0.25, -0.2) is 0 Å². The molecule has 21 heavy (non-hydrogen) atoms. The number of hydrogen-bond acceptors (Lipinski definition) is 5. The van der Waals surface area contributed by atoms with Gasteiger partial charge in [-0.2, -0.15) is 11.8 Å². The van der Waals surface area contributed by atoms with Crippen LogP contribution in [0.3, 0.4) is 0 Å². The third-order valence-corrected chi connectivity index (χ3v) is 4.27. The fourth-order valence-electron chi connectivity index (χ4n) is 2.09. The van der Waals surface area contributed by atoms with Crippen molar-refractivity contribution in [3.05, 3.63) is 24.3 Å². The van der Waals surface area contributed by atoms with Gasteiger partial charge in [0.25, 0.3) is 0 Å². The number of nitrogen functional groups attached to an aromatic ring is 1. The molecular formula is C15H23N3O2S. The normalized spacial score (nSPS) is 15.6. The van der Waals surface area contributed by atoms with Crippen LogP contribution in [0.1, 0.15) is 6.42 Å². The summed E-state index contributed by atoms with van der Waals surface area (Å²) in [5.74, 6) is 3.17. The molecule has 116 valence electrons. The van der Waals surface area contributed by atoms with Crippen LogP contribution in [0.5, 0.6) is 5.75 Å². The maximum Gasteiger partial charge on any atom is 0.223 e. The summed E-state index contributed by atoms with van der Waals surface area (Å²) in [6.07, 6.45) is 0.375. The molecule has 0 unspecified atom stereocenters. The molecule has 1 fully saturated rings. The smallest absolute Gasteiger partial charge is 0.223 e. The number of carbonyl (C=O) groups excluding carboxylic acids is 1. The minimum atomic E-state index is 0.0387. The maximum atomic E-state index is 11.7. The Balaban J connectivity index is 1.54. The van der Waals surface area contributed by atoms with Crippen molar-refractivity contribution in [2.45, 2.75) is 6.42 Å². The van der Waals surface area contributed by atoms with Crippen molar-refractivity contribution in [2.75, 3.05) is 50.0 Å². The highest BCUT2D eigenvalue weighted by Gasteiger charge is 2.10. The van der Waals surface area contributed by atoms with Crippen molar-refractivity contribution in [3.8, 4) is 5.75 Å². The first kappa shape index (κ1) is 16.0. The Labute approximate surface area is 130 Å². The minimum absolute atomic E-state index is 0.0387. The number of amides is 1. The van der Waals surface area contributed by atoms with Crippen LogP contribution >= 0.6 is 11.8 Å². The molecule has 0 saturated carbocycles. The topological polar surface area (TPSA) is 67.6 Å². The second-order valence-electron chi connectivity index (χ2n) is 4.97. The van der Waals surface area contributed by atoms with E-state index in [1.807, 2.05) is 23.9 Å². The van der Waals surface area contributed by atoms with E-state index >= 15 is 0 Å². The van der Waals surface area contributed by atoms with Gasteiger partial charge in [0.15, 0.2) is 0 Å². The van der Waals surface area contributed by atoms with Crippen molar-refractivity contribution in [1.29, 1.82) is 0 Å². The number of nitrogens with one attached hydrogen (secondary N) is 1. The van der Waals surface area contributed by atoms with Crippen LogP contribution in [-0.2, 0) is 4.79 Å². The number of benzene rings is 1. The fourth-order valence-corrected chi connectivity index (χ4v) is 3.07. The van der Waals surface area contributed by atoms with E-state index in [2.05, 4.69) is 10.2 Å². The number of anilines is 1. The molecule has 1 aliphatic rings. The molecule has 1 amide bonds. The van der Waals surface area contributed by atoms with E-state index < -0.39 is 0 Å². The molecule has 0 spiro atoms.